The van der Waals surface area contributed by atoms with Gasteiger partial charge in [0.1, 0.15) is 12.0 Å². The number of amidine groups is 1. The van der Waals surface area contributed by atoms with Crippen LogP contribution in [0.1, 0.15) is 32.1 Å². The number of nitrogens with zero attached hydrogens (tertiary/aromatic N) is 1. The Kier molecular flexibility index (Phi) is 7.25. The number of hydrogen-bond acceptors (Lipinski definition) is 6. The SMILES string of the molecule is C=C/C(F)=C(\N=C(N)C1=CNC2NC=C(Cl)CC12)NC1CCC[C@@H](NC(=O)OC)C1. The van der Waals surface area contributed by atoms with Crippen LogP contribution >= 0.6 is 11.6 Å². The van der Waals surface area contributed by atoms with Crippen LogP contribution in [0, 0.1) is 5.92 Å². The van der Waals surface area contributed by atoms with Gasteiger partial charge in [0.2, 0.25) is 0 Å². The van der Waals surface area contributed by atoms with Gasteiger partial charge in [0.05, 0.1) is 7.11 Å². The van der Waals surface area contributed by atoms with E-state index in [0.717, 1.165) is 30.9 Å². The van der Waals surface area contributed by atoms with E-state index in [0.29, 0.717) is 17.9 Å². The molecule has 0 aromatic rings. The molecule has 0 aromatic carbocycles. The number of aliphatic imine (C=N–C) groups is 1. The first-order chi connectivity index (χ1) is 14.4. The van der Waals surface area contributed by atoms with Gasteiger partial charge in [-0.15, -0.1) is 0 Å². The number of allylic oxidation sites excluding steroid dienone is 3. The number of alkyl carbamates (subject to hydrolysis) is 1. The normalized spacial score (nSPS) is 29.2. The van der Waals surface area contributed by atoms with Crippen molar-refractivity contribution in [2.75, 3.05) is 7.11 Å². The van der Waals surface area contributed by atoms with Crippen molar-refractivity contribution >= 4 is 23.5 Å². The third-order valence-corrected chi connectivity index (χ3v) is 5.77. The van der Waals surface area contributed by atoms with E-state index < -0.39 is 11.9 Å². The number of amides is 1. The summed E-state index contributed by atoms with van der Waals surface area (Å²) in [4.78, 5) is 15.8. The van der Waals surface area contributed by atoms with Gasteiger partial charge >= 0.3 is 6.09 Å². The molecule has 1 aliphatic carbocycles. The zero-order valence-corrected chi connectivity index (χ0v) is 17.6. The number of ether oxygens (including phenoxy) is 1. The van der Waals surface area contributed by atoms with Gasteiger partial charge in [-0.3, -0.25) is 0 Å². The van der Waals surface area contributed by atoms with E-state index in [-0.39, 0.29) is 35.8 Å². The maximum Gasteiger partial charge on any atom is 0.407 e. The molecular formula is C20H28ClFN6O2. The van der Waals surface area contributed by atoms with Crippen molar-refractivity contribution in [1.29, 1.82) is 0 Å². The van der Waals surface area contributed by atoms with Crippen molar-refractivity contribution < 1.29 is 13.9 Å². The molecule has 1 saturated carbocycles. The molecule has 4 atom stereocenters. The minimum atomic E-state index is -0.594. The molecule has 10 heteroatoms. The summed E-state index contributed by atoms with van der Waals surface area (Å²) < 4.78 is 19.2. The molecule has 0 radical (unpaired) electrons. The van der Waals surface area contributed by atoms with Gasteiger partial charge in [-0.2, -0.15) is 0 Å². The standard InChI is InChI=1S/C20H28ClFN6O2/c1-3-16(22)19(26-12-5-4-6-13(8-12)27-20(29)30-2)28-17(23)15-10-25-18-14(15)7-11(21)9-24-18/h3,9-10,12-14,18,24-26H,1,4-8H2,2H3,(H2,23,28)(H,27,29)/b19-16+/t12?,13-,14?,18?/m1/s1. The molecule has 8 nitrogen and oxygen atoms in total. The second kappa shape index (κ2) is 9.88. The van der Waals surface area contributed by atoms with Gasteiger partial charge in [-0.05, 0) is 38.2 Å². The minimum absolute atomic E-state index is 0.00242. The molecule has 0 saturated heterocycles. The van der Waals surface area contributed by atoms with Gasteiger partial charge in [0, 0.05) is 41.0 Å². The summed E-state index contributed by atoms with van der Waals surface area (Å²) in [6.45, 7) is 3.50. The molecule has 3 unspecified atom stereocenters. The number of fused-ring (bicyclic) bond motifs is 1. The number of halogens is 2. The first-order valence-electron chi connectivity index (χ1n) is 9.95. The van der Waals surface area contributed by atoms with E-state index in [1.807, 2.05) is 0 Å². The summed E-state index contributed by atoms with van der Waals surface area (Å²) in [5, 5.41) is 13.0. The summed E-state index contributed by atoms with van der Waals surface area (Å²) in [5.41, 5.74) is 7.01. The summed E-state index contributed by atoms with van der Waals surface area (Å²) >= 11 is 6.15. The molecule has 0 bridgehead atoms. The van der Waals surface area contributed by atoms with Crippen LogP contribution in [-0.2, 0) is 4.74 Å². The van der Waals surface area contributed by atoms with Crippen molar-refractivity contribution in [1.82, 2.24) is 21.3 Å². The van der Waals surface area contributed by atoms with E-state index in [2.05, 4.69) is 37.6 Å². The smallest absolute Gasteiger partial charge is 0.407 e. The largest absolute Gasteiger partial charge is 0.453 e. The predicted molar refractivity (Wildman–Crippen MR) is 115 cm³/mol. The third kappa shape index (κ3) is 5.27. The quantitative estimate of drug-likeness (QED) is 0.247. The summed E-state index contributed by atoms with van der Waals surface area (Å²) in [6, 6.07) is -0.127. The molecule has 3 aliphatic rings. The first kappa shape index (κ1) is 22.0. The van der Waals surface area contributed by atoms with Crippen LogP contribution in [0.25, 0.3) is 0 Å². The average Bonchev–Trinajstić information content (AvgIpc) is 3.16. The number of hydrogen-bond donors (Lipinski definition) is 5. The topological polar surface area (TPSA) is 113 Å². The van der Waals surface area contributed by atoms with E-state index >= 15 is 0 Å². The van der Waals surface area contributed by atoms with Crippen LogP contribution in [0.4, 0.5) is 9.18 Å². The van der Waals surface area contributed by atoms with Gasteiger partial charge in [-0.1, -0.05) is 18.2 Å². The van der Waals surface area contributed by atoms with Crippen LogP contribution in [0.3, 0.4) is 0 Å². The Labute approximate surface area is 180 Å². The molecule has 6 N–H and O–H groups in total. The molecule has 2 heterocycles. The van der Waals surface area contributed by atoms with Crippen molar-refractivity contribution in [2.24, 2.45) is 16.6 Å². The van der Waals surface area contributed by atoms with Crippen molar-refractivity contribution in [3.8, 4) is 0 Å². The fourth-order valence-electron chi connectivity index (χ4n) is 3.99. The number of carbonyl (C=O) groups is 1. The molecule has 30 heavy (non-hydrogen) atoms. The highest BCUT2D eigenvalue weighted by atomic mass is 35.5. The highest BCUT2D eigenvalue weighted by Crippen LogP contribution is 2.31. The summed E-state index contributed by atoms with van der Waals surface area (Å²) in [6.07, 6.45) is 7.92. The maximum atomic E-state index is 14.5. The number of carbonyl (C=O) groups excluding carboxylic acids is 1. The van der Waals surface area contributed by atoms with Gasteiger partial charge in [-0.25, -0.2) is 14.2 Å². The average molecular weight is 439 g/mol. The van der Waals surface area contributed by atoms with Crippen molar-refractivity contribution in [3.63, 3.8) is 0 Å². The van der Waals surface area contributed by atoms with E-state index in [9.17, 15) is 9.18 Å². The predicted octanol–water partition coefficient (Wildman–Crippen LogP) is 2.43. The number of nitrogens with two attached hydrogens (primary N) is 1. The molecule has 164 valence electrons. The fourth-order valence-corrected chi connectivity index (χ4v) is 4.22. The Balaban J connectivity index is 1.71. The fraction of sp³-hybridized carbons (Fsp3) is 0.500. The van der Waals surface area contributed by atoms with Gasteiger partial charge in [0.25, 0.3) is 0 Å². The number of methoxy groups -OCH3 is 1. The molecular weight excluding hydrogens is 411 g/mol. The van der Waals surface area contributed by atoms with Crippen molar-refractivity contribution in [3.05, 3.63) is 47.3 Å². The molecule has 0 spiro atoms. The van der Waals surface area contributed by atoms with Crippen LogP contribution in [0.2, 0.25) is 0 Å². The van der Waals surface area contributed by atoms with Crippen molar-refractivity contribution in [2.45, 2.75) is 50.4 Å². The molecule has 3 rings (SSSR count). The Morgan fingerprint density at radius 3 is 2.77 bits per heavy atom. The summed E-state index contributed by atoms with van der Waals surface area (Å²) in [5.74, 6) is -0.352. The lowest BCUT2D eigenvalue weighted by Crippen LogP contribution is -2.44. The van der Waals surface area contributed by atoms with E-state index in [4.69, 9.17) is 17.3 Å². The first-order valence-corrected chi connectivity index (χ1v) is 10.3. The maximum absolute atomic E-state index is 14.5. The number of nitrogens with one attached hydrogen (secondary N) is 4. The lowest BCUT2D eigenvalue weighted by molar-refractivity contribution is 0.161. The number of rotatable bonds is 6. The summed E-state index contributed by atoms with van der Waals surface area (Å²) in [7, 11) is 1.33. The van der Waals surface area contributed by atoms with Crippen LogP contribution in [-0.4, -0.2) is 37.3 Å². The Morgan fingerprint density at radius 1 is 1.37 bits per heavy atom. The van der Waals surface area contributed by atoms with Crippen LogP contribution in [0.5, 0.6) is 0 Å². The zero-order valence-electron chi connectivity index (χ0n) is 16.9. The highest BCUT2D eigenvalue weighted by molar-refractivity contribution is 6.29. The van der Waals surface area contributed by atoms with E-state index in [1.165, 1.54) is 7.11 Å². The second-order valence-corrected chi connectivity index (χ2v) is 8.04. The minimum Gasteiger partial charge on any atom is -0.453 e. The molecule has 1 fully saturated rings. The van der Waals surface area contributed by atoms with Crippen LogP contribution < -0.4 is 27.0 Å². The Hall–Kier alpha value is -2.68. The monoisotopic (exact) mass is 438 g/mol. The molecule has 2 aliphatic heterocycles. The highest BCUT2D eigenvalue weighted by Gasteiger charge is 2.34. The lowest BCUT2D eigenvalue weighted by atomic mass is 9.91. The zero-order chi connectivity index (χ0) is 21.7. The van der Waals surface area contributed by atoms with Gasteiger partial charge < -0.3 is 31.7 Å². The second-order valence-electron chi connectivity index (χ2n) is 7.55. The molecule has 1 amide bonds. The Morgan fingerprint density at radius 2 is 2.07 bits per heavy atom. The molecule has 0 aromatic heterocycles. The van der Waals surface area contributed by atoms with E-state index in [1.54, 1.807) is 12.4 Å². The Bertz CT molecular complexity index is 809. The van der Waals surface area contributed by atoms with Gasteiger partial charge in [0.15, 0.2) is 11.6 Å². The van der Waals surface area contributed by atoms with Crippen LogP contribution in [0.15, 0.2) is 52.3 Å². The third-order valence-electron chi connectivity index (χ3n) is 5.51. The lowest BCUT2D eigenvalue weighted by Gasteiger charge is -2.30.